The Morgan fingerprint density at radius 2 is 2.10 bits per heavy atom. The number of hydrogen-bond donors (Lipinski definition) is 2. The minimum absolute atomic E-state index is 0.0195. The first-order chi connectivity index (χ1) is 9.69. The van der Waals surface area contributed by atoms with Gasteiger partial charge in [0.1, 0.15) is 5.82 Å². The van der Waals surface area contributed by atoms with E-state index in [1.54, 1.807) is 6.07 Å². The fourth-order valence-electron chi connectivity index (χ4n) is 3.08. The van der Waals surface area contributed by atoms with Crippen molar-refractivity contribution in [3.8, 4) is 0 Å². The first kappa shape index (κ1) is 15.4. The Labute approximate surface area is 120 Å². The Morgan fingerprint density at radius 1 is 1.35 bits per heavy atom. The number of hydrogen-bond acceptors (Lipinski definition) is 3. The molecule has 1 aromatic rings. The highest BCUT2D eigenvalue weighted by Crippen LogP contribution is 2.35. The van der Waals surface area contributed by atoms with Crippen LogP contribution in [-0.2, 0) is 0 Å². The summed E-state index contributed by atoms with van der Waals surface area (Å²) in [6.45, 7) is 3.14. The summed E-state index contributed by atoms with van der Waals surface area (Å²) in [5, 5.41) is 13.3. The van der Waals surface area contributed by atoms with Crippen LogP contribution in [0.2, 0.25) is 0 Å². The SMILES string of the molecule is CCC(NCC1(CO)CCCCC1)c1ccc(F)cn1. The summed E-state index contributed by atoms with van der Waals surface area (Å²) in [6, 6.07) is 3.32. The summed E-state index contributed by atoms with van der Waals surface area (Å²) in [4.78, 5) is 4.16. The third-order valence-corrected chi connectivity index (χ3v) is 4.49. The lowest BCUT2D eigenvalue weighted by atomic mass is 9.74. The van der Waals surface area contributed by atoms with Gasteiger partial charge in [-0.3, -0.25) is 4.98 Å². The summed E-state index contributed by atoms with van der Waals surface area (Å²) in [5.74, 6) is -0.303. The third kappa shape index (κ3) is 3.76. The van der Waals surface area contributed by atoms with Crippen molar-refractivity contribution in [1.82, 2.24) is 10.3 Å². The van der Waals surface area contributed by atoms with E-state index in [1.165, 1.54) is 31.5 Å². The Balaban J connectivity index is 1.97. The van der Waals surface area contributed by atoms with E-state index in [0.717, 1.165) is 31.5 Å². The summed E-state index contributed by atoms with van der Waals surface area (Å²) in [5.41, 5.74) is 0.893. The van der Waals surface area contributed by atoms with E-state index < -0.39 is 0 Å². The average molecular weight is 280 g/mol. The molecular weight excluding hydrogens is 255 g/mol. The van der Waals surface area contributed by atoms with Crippen LogP contribution in [0.4, 0.5) is 4.39 Å². The molecule has 20 heavy (non-hydrogen) atoms. The van der Waals surface area contributed by atoms with Crippen LogP contribution >= 0.6 is 0 Å². The van der Waals surface area contributed by atoms with Crippen LogP contribution in [-0.4, -0.2) is 23.2 Å². The van der Waals surface area contributed by atoms with Gasteiger partial charge in [0, 0.05) is 24.6 Å². The van der Waals surface area contributed by atoms with E-state index in [9.17, 15) is 9.50 Å². The molecule has 112 valence electrons. The number of aliphatic hydroxyl groups is 1. The zero-order valence-corrected chi connectivity index (χ0v) is 12.2. The first-order valence-electron chi connectivity index (χ1n) is 7.65. The van der Waals surface area contributed by atoms with Crippen LogP contribution in [0.5, 0.6) is 0 Å². The number of nitrogens with one attached hydrogen (secondary N) is 1. The molecule has 1 aliphatic rings. The normalized spacial score (nSPS) is 19.8. The van der Waals surface area contributed by atoms with Crippen LogP contribution < -0.4 is 5.32 Å². The van der Waals surface area contributed by atoms with Gasteiger partial charge in [-0.15, -0.1) is 0 Å². The zero-order chi connectivity index (χ0) is 14.4. The molecule has 2 rings (SSSR count). The summed E-state index contributed by atoms with van der Waals surface area (Å²) in [7, 11) is 0. The van der Waals surface area contributed by atoms with Gasteiger partial charge in [0.05, 0.1) is 11.9 Å². The van der Waals surface area contributed by atoms with Gasteiger partial charge in [0.15, 0.2) is 0 Å². The molecule has 1 atom stereocenters. The molecule has 1 aliphatic carbocycles. The molecule has 0 spiro atoms. The van der Waals surface area contributed by atoms with Crippen molar-refractivity contribution in [2.45, 2.75) is 51.5 Å². The maximum absolute atomic E-state index is 12.9. The molecule has 1 heterocycles. The van der Waals surface area contributed by atoms with Crippen LogP contribution in [0.15, 0.2) is 18.3 Å². The van der Waals surface area contributed by atoms with Crippen molar-refractivity contribution in [3.63, 3.8) is 0 Å². The predicted octanol–water partition coefficient (Wildman–Crippen LogP) is 3.20. The number of rotatable bonds is 6. The van der Waals surface area contributed by atoms with E-state index in [1.807, 2.05) is 0 Å². The zero-order valence-electron chi connectivity index (χ0n) is 12.2. The third-order valence-electron chi connectivity index (χ3n) is 4.49. The molecule has 0 bridgehead atoms. The van der Waals surface area contributed by atoms with Crippen LogP contribution in [0.25, 0.3) is 0 Å². The molecule has 0 radical (unpaired) electrons. The lowest BCUT2D eigenvalue weighted by Gasteiger charge is -2.37. The second kappa shape index (κ2) is 7.14. The van der Waals surface area contributed by atoms with E-state index in [4.69, 9.17) is 0 Å². The maximum Gasteiger partial charge on any atom is 0.141 e. The smallest absolute Gasteiger partial charge is 0.141 e. The molecule has 0 aliphatic heterocycles. The molecule has 3 nitrogen and oxygen atoms in total. The largest absolute Gasteiger partial charge is 0.396 e. The Hall–Kier alpha value is -1.00. The summed E-state index contributed by atoms with van der Waals surface area (Å²) >= 11 is 0. The van der Waals surface area contributed by atoms with Gasteiger partial charge in [0.25, 0.3) is 0 Å². The summed E-state index contributed by atoms with van der Waals surface area (Å²) in [6.07, 6.45) is 8.02. The number of halogens is 1. The van der Waals surface area contributed by atoms with E-state index >= 15 is 0 Å². The Bertz CT molecular complexity index is 401. The van der Waals surface area contributed by atoms with Gasteiger partial charge in [-0.2, -0.15) is 0 Å². The lowest BCUT2D eigenvalue weighted by molar-refractivity contribution is 0.0779. The summed E-state index contributed by atoms with van der Waals surface area (Å²) < 4.78 is 12.9. The molecule has 0 aromatic carbocycles. The van der Waals surface area contributed by atoms with E-state index in [2.05, 4.69) is 17.2 Å². The highest BCUT2D eigenvalue weighted by Gasteiger charge is 2.31. The van der Waals surface area contributed by atoms with Gasteiger partial charge in [-0.1, -0.05) is 26.2 Å². The fourth-order valence-corrected chi connectivity index (χ4v) is 3.08. The van der Waals surface area contributed by atoms with Crippen molar-refractivity contribution < 1.29 is 9.50 Å². The maximum atomic E-state index is 12.9. The highest BCUT2D eigenvalue weighted by molar-refractivity contribution is 5.10. The molecular formula is C16H25FN2O. The Kier molecular flexibility index (Phi) is 5.49. The molecule has 1 saturated carbocycles. The van der Waals surface area contributed by atoms with Gasteiger partial charge in [-0.05, 0) is 31.4 Å². The van der Waals surface area contributed by atoms with Crippen molar-refractivity contribution >= 4 is 0 Å². The molecule has 1 fully saturated rings. The second-order valence-corrected chi connectivity index (χ2v) is 5.96. The van der Waals surface area contributed by atoms with Crippen molar-refractivity contribution in [2.75, 3.05) is 13.2 Å². The van der Waals surface area contributed by atoms with E-state index in [0.29, 0.717) is 0 Å². The molecule has 1 aromatic heterocycles. The fraction of sp³-hybridized carbons (Fsp3) is 0.688. The average Bonchev–Trinajstić information content (AvgIpc) is 2.50. The number of pyridine rings is 1. The van der Waals surface area contributed by atoms with Gasteiger partial charge >= 0.3 is 0 Å². The molecule has 0 amide bonds. The quantitative estimate of drug-likeness (QED) is 0.841. The molecule has 2 N–H and O–H groups in total. The van der Waals surface area contributed by atoms with Crippen molar-refractivity contribution in [2.24, 2.45) is 5.41 Å². The monoisotopic (exact) mass is 280 g/mol. The van der Waals surface area contributed by atoms with Crippen molar-refractivity contribution in [1.29, 1.82) is 0 Å². The van der Waals surface area contributed by atoms with E-state index in [-0.39, 0.29) is 23.9 Å². The topological polar surface area (TPSA) is 45.1 Å². The predicted molar refractivity (Wildman–Crippen MR) is 77.8 cm³/mol. The minimum Gasteiger partial charge on any atom is -0.396 e. The van der Waals surface area contributed by atoms with Crippen molar-refractivity contribution in [3.05, 3.63) is 29.8 Å². The van der Waals surface area contributed by atoms with Gasteiger partial charge < -0.3 is 10.4 Å². The second-order valence-electron chi connectivity index (χ2n) is 5.96. The van der Waals surface area contributed by atoms with Crippen LogP contribution in [0.3, 0.4) is 0 Å². The first-order valence-corrected chi connectivity index (χ1v) is 7.65. The minimum atomic E-state index is -0.303. The number of aliphatic hydroxyl groups excluding tert-OH is 1. The molecule has 4 heteroatoms. The lowest BCUT2D eigenvalue weighted by Crippen LogP contribution is -2.40. The number of aromatic nitrogens is 1. The molecule has 1 unspecified atom stereocenters. The highest BCUT2D eigenvalue weighted by atomic mass is 19.1. The van der Waals surface area contributed by atoms with Crippen LogP contribution in [0.1, 0.15) is 57.2 Å². The van der Waals surface area contributed by atoms with Gasteiger partial charge in [0.2, 0.25) is 0 Å². The Morgan fingerprint density at radius 3 is 2.65 bits per heavy atom. The van der Waals surface area contributed by atoms with Crippen LogP contribution in [0, 0.1) is 11.2 Å². The number of nitrogens with zero attached hydrogens (tertiary/aromatic N) is 1. The molecule has 0 saturated heterocycles. The standard InChI is InChI=1S/C16H25FN2O/c1-2-14(15-7-6-13(17)10-18-15)19-11-16(12-20)8-4-3-5-9-16/h6-7,10,14,19-20H,2-5,8-9,11-12H2,1H3. The van der Waals surface area contributed by atoms with Gasteiger partial charge in [-0.25, -0.2) is 4.39 Å².